The normalized spacial score (nSPS) is 15.0. The highest BCUT2D eigenvalue weighted by Gasteiger charge is 2.25. The minimum atomic E-state index is -4.06. The number of carbonyl (C=O) groups is 1. The third-order valence-corrected chi connectivity index (χ3v) is 5.38. The van der Waals surface area contributed by atoms with Crippen molar-refractivity contribution in [3.8, 4) is 5.75 Å². The Morgan fingerprint density at radius 3 is 2.43 bits per heavy atom. The van der Waals surface area contributed by atoms with Gasteiger partial charge in [0.2, 0.25) is 5.90 Å². The number of esters is 1. The van der Waals surface area contributed by atoms with Crippen LogP contribution in [0.2, 0.25) is 0 Å². The Kier molecular flexibility index (Phi) is 5.16. The maximum atomic E-state index is 13.4. The number of aliphatic imine (C=N–C) groups is 1. The van der Waals surface area contributed by atoms with Crippen molar-refractivity contribution < 1.29 is 26.5 Å². The van der Waals surface area contributed by atoms with Crippen molar-refractivity contribution in [2.75, 3.05) is 0 Å². The number of benzene rings is 3. The summed E-state index contributed by atoms with van der Waals surface area (Å²) in [5.41, 5.74) is 0.554. The van der Waals surface area contributed by atoms with Gasteiger partial charge in [0, 0.05) is 11.1 Å². The van der Waals surface area contributed by atoms with Crippen molar-refractivity contribution in [2.24, 2.45) is 4.99 Å². The summed E-state index contributed by atoms with van der Waals surface area (Å²) in [4.78, 5) is 16.3. The van der Waals surface area contributed by atoms with Gasteiger partial charge in [0.1, 0.15) is 16.5 Å². The molecule has 0 aromatic heterocycles. The molecule has 0 saturated heterocycles. The minimum Gasteiger partial charge on any atom is -0.402 e. The molecule has 3 aromatic rings. The molecule has 0 unspecified atom stereocenters. The van der Waals surface area contributed by atoms with Gasteiger partial charge < -0.3 is 8.92 Å². The topological polar surface area (TPSA) is 82.0 Å². The molecule has 0 spiro atoms. The van der Waals surface area contributed by atoms with Crippen LogP contribution in [0.3, 0.4) is 0 Å². The predicted octanol–water partition coefficient (Wildman–Crippen LogP) is 3.94. The van der Waals surface area contributed by atoms with E-state index >= 15 is 0 Å². The lowest BCUT2D eigenvalue weighted by atomic mass is 10.1. The van der Waals surface area contributed by atoms with Gasteiger partial charge in [0.05, 0.1) is 0 Å². The van der Waals surface area contributed by atoms with E-state index in [1.807, 2.05) is 0 Å². The smallest absolute Gasteiger partial charge is 0.363 e. The molecule has 150 valence electrons. The van der Waals surface area contributed by atoms with Crippen molar-refractivity contribution in [2.45, 2.75) is 4.90 Å². The number of halogens is 1. The Hall–Kier alpha value is -3.78. The number of carbonyl (C=O) groups excluding carboxylic acids is 1. The summed E-state index contributed by atoms with van der Waals surface area (Å²) in [6.07, 6.45) is 1.35. The molecule has 6 nitrogen and oxygen atoms in total. The highest BCUT2D eigenvalue weighted by molar-refractivity contribution is 7.87. The van der Waals surface area contributed by atoms with Crippen LogP contribution in [0.1, 0.15) is 11.1 Å². The number of ether oxygens (including phenoxy) is 1. The van der Waals surface area contributed by atoms with Gasteiger partial charge in [0.25, 0.3) is 0 Å². The molecule has 0 fully saturated rings. The van der Waals surface area contributed by atoms with Crippen LogP contribution in [0.4, 0.5) is 4.39 Å². The summed E-state index contributed by atoms with van der Waals surface area (Å²) < 4.78 is 48.9. The van der Waals surface area contributed by atoms with E-state index in [0.29, 0.717) is 11.1 Å². The van der Waals surface area contributed by atoms with Crippen molar-refractivity contribution in [3.63, 3.8) is 0 Å². The van der Waals surface area contributed by atoms with Crippen LogP contribution in [-0.4, -0.2) is 20.3 Å². The summed E-state index contributed by atoms with van der Waals surface area (Å²) >= 11 is 0. The van der Waals surface area contributed by atoms with E-state index in [4.69, 9.17) is 8.92 Å². The molecule has 4 rings (SSSR count). The molecule has 1 aliphatic heterocycles. The van der Waals surface area contributed by atoms with E-state index in [0.717, 1.165) is 0 Å². The molecule has 0 N–H and O–H groups in total. The van der Waals surface area contributed by atoms with Gasteiger partial charge in [-0.1, -0.05) is 42.5 Å². The number of nitrogens with zero attached hydrogens (tertiary/aromatic N) is 1. The van der Waals surface area contributed by atoms with Crippen molar-refractivity contribution in [3.05, 3.63) is 102 Å². The highest BCUT2D eigenvalue weighted by atomic mass is 32.2. The summed E-state index contributed by atoms with van der Waals surface area (Å²) in [5, 5.41) is 0. The second kappa shape index (κ2) is 7.92. The first-order valence-electron chi connectivity index (χ1n) is 8.79. The summed E-state index contributed by atoms with van der Waals surface area (Å²) in [6.45, 7) is 0. The van der Waals surface area contributed by atoms with E-state index < -0.39 is 21.9 Å². The predicted molar refractivity (Wildman–Crippen MR) is 108 cm³/mol. The summed E-state index contributed by atoms with van der Waals surface area (Å²) in [7, 11) is -4.06. The first-order valence-corrected chi connectivity index (χ1v) is 10.2. The van der Waals surface area contributed by atoms with Gasteiger partial charge in [-0.15, -0.1) is 0 Å². The van der Waals surface area contributed by atoms with Crippen LogP contribution in [0, 0.1) is 5.82 Å². The SMILES string of the molecule is O=C1OC(c2cccc(F)c2)=N/C1=C\c1ccccc1OS(=O)(=O)c1ccccc1. The fraction of sp³-hybridized carbons (Fsp3) is 0. The molecule has 30 heavy (non-hydrogen) atoms. The molecule has 1 aliphatic rings. The van der Waals surface area contributed by atoms with E-state index in [9.17, 15) is 17.6 Å². The summed E-state index contributed by atoms with van der Waals surface area (Å²) in [5.74, 6) is -1.25. The molecule has 3 aromatic carbocycles. The zero-order valence-electron chi connectivity index (χ0n) is 15.4. The Bertz CT molecular complexity index is 1280. The third-order valence-electron chi connectivity index (χ3n) is 4.13. The number of hydrogen-bond acceptors (Lipinski definition) is 6. The third kappa shape index (κ3) is 4.13. The van der Waals surface area contributed by atoms with Crippen molar-refractivity contribution >= 4 is 28.1 Å². The molecule has 0 radical (unpaired) electrons. The lowest BCUT2D eigenvalue weighted by molar-refractivity contribution is -0.129. The molecular formula is C22H14FNO5S. The average Bonchev–Trinajstić information content (AvgIpc) is 3.10. The number of rotatable bonds is 5. The van der Waals surface area contributed by atoms with E-state index in [1.165, 1.54) is 42.5 Å². The maximum Gasteiger partial charge on any atom is 0.363 e. The average molecular weight is 423 g/mol. The molecule has 0 amide bonds. The van der Waals surface area contributed by atoms with E-state index in [1.54, 1.807) is 42.5 Å². The van der Waals surface area contributed by atoms with Crippen LogP contribution in [0.5, 0.6) is 5.75 Å². The van der Waals surface area contributed by atoms with Crippen LogP contribution < -0.4 is 4.18 Å². The molecule has 8 heteroatoms. The molecule has 0 aliphatic carbocycles. The first-order chi connectivity index (χ1) is 14.4. The number of hydrogen-bond donors (Lipinski definition) is 0. The van der Waals surface area contributed by atoms with E-state index in [-0.39, 0.29) is 22.2 Å². The zero-order valence-corrected chi connectivity index (χ0v) is 16.2. The molecule has 0 saturated carbocycles. The van der Waals surface area contributed by atoms with Gasteiger partial charge in [-0.25, -0.2) is 14.2 Å². The Labute approximate surface area is 172 Å². The molecule has 1 heterocycles. The Balaban J connectivity index is 1.67. The van der Waals surface area contributed by atoms with E-state index in [2.05, 4.69) is 4.99 Å². The fourth-order valence-electron chi connectivity index (χ4n) is 2.73. The molecule has 0 bridgehead atoms. The van der Waals surface area contributed by atoms with Crippen molar-refractivity contribution in [1.82, 2.24) is 0 Å². The van der Waals surface area contributed by atoms with Gasteiger partial charge >= 0.3 is 16.1 Å². The van der Waals surface area contributed by atoms with Gasteiger partial charge in [-0.2, -0.15) is 8.42 Å². The summed E-state index contributed by atoms with van der Waals surface area (Å²) in [6, 6.07) is 19.5. The number of para-hydroxylation sites is 1. The van der Waals surface area contributed by atoms with Crippen LogP contribution in [-0.2, 0) is 19.6 Å². The quantitative estimate of drug-likeness (QED) is 0.353. The van der Waals surface area contributed by atoms with Crippen LogP contribution >= 0.6 is 0 Å². The minimum absolute atomic E-state index is 0.000793. The van der Waals surface area contributed by atoms with Gasteiger partial charge in [0.15, 0.2) is 5.70 Å². The zero-order chi connectivity index (χ0) is 21.1. The monoisotopic (exact) mass is 423 g/mol. The number of cyclic esters (lactones) is 1. The maximum absolute atomic E-state index is 13.4. The van der Waals surface area contributed by atoms with Crippen molar-refractivity contribution in [1.29, 1.82) is 0 Å². The fourth-order valence-corrected chi connectivity index (χ4v) is 3.71. The Morgan fingerprint density at radius 2 is 1.67 bits per heavy atom. The second-order valence-corrected chi connectivity index (χ2v) is 7.78. The molecule has 0 atom stereocenters. The Morgan fingerprint density at radius 1 is 0.933 bits per heavy atom. The molecular weight excluding hydrogens is 409 g/mol. The highest BCUT2D eigenvalue weighted by Crippen LogP contribution is 2.27. The van der Waals surface area contributed by atoms with Gasteiger partial charge in [-0.05, 0) is 42.5 Å². The largest absolute Gasteiger partial charge is 0.402 e. The van der Waals surface area contributed by atoms with Crippen LogP contribution in [0.25, 0.3) is 6.08 Å². The van der Waals surface area contributed by atoms with Crippen LogP contribution in [0.15, 0.2) is 94.4 Å². The first kappa shape index (κ1) is 19.5. The lowest BCUT2D eigenvalue weighted by Gasteiger charge is -2.09. The lowest BCUT2D eigenvalue weighted by Crippen LogP contribution is -2.10. The van der Waals surface area contributed by atoms with Gasteiger partial charge in [-0.3, -0.25) is 0 Å². The second-order valence-electron chi connectivity index (χ2n) is 6.23. The standard InChI is InChI=1S/C22H14FNO5S/c23-17-9-6-8-16(13-17)21-24-19(22(25)28-21)14-15-7-4-5-12-20(15)29-30(26,27)18-10-2-1-3-11-18/h1-14H/b19-14-.